The van der Waals surface area contributed by atoms with Crippen molar-refractivity contribution in [2.45, 2.75) is 12.3 Å². The zero-order valence-corrected chi connectivity index (χ0v) is 14.1. The summed E-state index contributed by atoms with van der Waals surface area (Å²) in [5.74, 6) is 0.510. The highest BCUT2D eigenvalue weighted by atomic mass is 79.9. The highest BCUT2D eigenvalue weighted by Gasteiger charge is 2.14. The van der Waals surface area contributed by atoms with Crippen LogP contribution in [0.2, 0.25) is 0 Å². The van der Waals surface area contributed by atoms with Gasteiger partial charge in [-0.05, 0) is 12.0 Å². The van der Waals surface area contributed by atoms with Crippen molar-refractivity contribution in [2.75, 3.05) is 52.4 Å². The highest BCUT2D eigenvalue weighted by molar-refractivity contribution is 9.09. The molecule has 4 heteroatoms. The molecule has 0 spiro atoms. The number of ether oxygens (including phenoxy) is 2. The number of rotatable bonds is 11. The summed E-state index contributed by atoms with van der Waals surface area (Å²) in [4.78, 5) is 2.46. The molecule has 1 unspecified atom stereocenters. The van der Waals surface area contributed by atoms with Gasteiger partial charge in [-0.2, -0.15) is 0 Å². The lowest BCUT2D eigenvalue weighted by molar-refractivity contribution is 0.130. The molecule has 1 rings (SSSR count). The van der Waals surface area contributed by atoms with Gasteiger partial charge in [0.05, 0.1) is 6.61 Å². The van der Waals surface area contributed by atoms with E-state index in [-0.39, 0.29) is 0 Å². The molecule has 114 valence electrons. The number of alkyl halides is 1. The summed E-state index contributed by atoms with van der Waals surface area (Å²) in [6.45, 7) is 4.65. The van der Waals surface area contributed by atoms with Gasteiger partial charge in [0.2, 0.25) is 0 Å². The van der Waals surface area contributed by atoms with E-state index in [1.807, 2.05) is 0 Å². The van der Waals surface area contributed by atoms with Crippen LogP contribution in [0.5, 0.6) is 0 Å². The largest absolute Gasteiger partial charge is 0.385 e. The van der Waals surface area contributed by atoms with Gasteiger partial charge in [0.15, 0.2) is 0 Å². The lowest BCUT2D eigenvalue weighted by Gasteiger charge is -2.26. The van der Waals surface area contributed by atoms with E-state index in [2.05, 4.69) is 51.2 Å². The number of benzene rings is 1. The van der Waals surface area contributed by atoms with Crippen LogP contribution in [0, 0.1) is 0 Å². The second kappa shape index (κ2) is 11.3. The summed E-state index contributed by atoms with van der Waals surface area (Å²) in [6, 6.07) is 10.7. The lowest BCUT2D eigenvalue weighted by Crippen LogP contribution is -2.33. The first-order chi connectivity index (χ1) is 9.81. The average Bonchev–Trinajstić information content (AvgIpc) is 2.50. The van der Waals surface area contributed by atoms with Crippen molar-refractivity contribution >= 4 is 15.9 Å². The van der Waals surface area contributed by atoms with E-state index in [0.717, 1.165) is 44.6 Å². The molecular weight excluding hydrogens is 318 g/mol. The van der Waals surface area contributed by atoms with Crippen molar-refractivity contribution < 1.29 is 9.47 Å². The Kier molecular flexibility index (Phi) is 9.93. The van der Waals surface area contributed by atoms with E-state index in [4.69, 9.17) is 9.47 Å². The third-order valence-corrected chi connectivity index (χ3v) is 4.15. The van der Waals surface area contributed by atoms with Crippen LogP contribution in [0.25, 0.3) is 0 Å². The average molecular weight is 344 g/mol. The van der Waals surface area contributed by atoms with Gasteiger partial charge in [-0.3, -0.25) is 0 Å². The predicted molar refractivity (Wildman–Crippen MR) is 87.8 cm³/mol. The molecule has 0 aliphatic carbocycles. The van der Waals surface area contributed by atoms with Crippen molar-refractivity contribution in [3.05, 3.63) is 35.9 Å². The second-order valence-corrected chi connectivity index (χ2v) is 5.55. The minimum atomic E-state index is 0.510. The van der Waals surface area contributed by atoms with Gasteiger partial charge in [-0.25, -0.2) is 0 Å². The van der Waals surface area contributed by atoms with Crippen molar-refractivity contribution in [3.8, 4) is 0 Å². The van der Waals surface area contributed by atoms with Gasteiger partial charge < -0.3 is 14.4 Å². The molecule has 0 fully saturated rings. The van der Waals surface area contributed by atoms with E-state index in [1.54, 1.807) is 14.2 Å². The van der Waals surface area contributed by atoms with E-state index >= 15 is 0 Å². The van der Waals surface area contributed by atoms with Crippen LogP contribution in [0.15, 0.2) is 30.3 Å². The Morgan fingerprint density at radius 3 is 2.35 bits per heavy atom. The molecule has 0 heterocycles. The van der Waals surface area contributed by atoms with Crippen LogP contribution in [-0.2, 0) is 9.47 Å². The normalized spacial score (nSPS) is 12.8. The molecule has 0 saturated carbocycles. The number of hydrogen-bond donors (Lipinski definition) is 0. The molecule has 0 aliphatic rings. The maximum absolute atomic E-state index is 5.21. The Morgan fingerprint density at radius 2 is 1.75 bits per heavy atom. The van der Waals surface area contributed by atoms with Gasteiger partial charge in [-0.15, -0.1) is 0 Å². The Hall–Kier alpha value is -0.420. The summed E-state index contributed by atoms with van der Waals surface area (Å²) in [5, 5.41) is 0.977. The molecule has 0 aromatic heterocycles. The lowest BCUT2D eigenvalue weighted by atomic mass is 10.0. The van der Waals surface area contributed by atoms with Crippen molar-refractivity contribution in [2.24, 2.45) is 0 Å². The maximum Gasteiger partial charge on any atom is 0.0589 e. The number of hydrogen-bond acceptors (Lipinski definition) is 3. The van der Waals surface area contributed by atoms with E-state index < -0.39 is 0 Å². The monoisotopic (exact) mass is 343 g/mol. The van der Waals surface area contributed by atoms with Crippen LogP contribution >= 0.6 is 15.9 Å². The number of methoxy groups -OCH3 is 2. The number of nitrogens with zero attached hydrogens (tertiary/aromatic N) is 1. The summed E-state index contributed by atoms with van der Waals surface area (Å²) < 4.78 is 10.4. The molecule has 20 heavy (non-hydrogen) atoms. The van der Waals surface area contributed by atoms with Crippen LogP contribution < -0.4 is 0 Å². The second-order valence-electron chi connectivity index (χ2n) is 4.90. The van der Waals surface area contributed by atoms with Gasteiger partial charge in [-0.1, -0.05) is 46.3 Å². The smallest absolute Gasteiger partial charge is 0.0589 e. The quantitative estimate of drug-likeness (QED) is 0.455. The molecule has 1 atom stereocenters. The minimum Gasteiger partial charge on any atom is -0.385 e. The Balaban J connectivity index is 2.55. The zero-order chi connectivity index (χ0) is 14.6. The molecule has 0 N–H and O–H groups in total. The maximum atomic E-state index is 5.21. The fourth-order valence-electron chi connectivity index (χ4n) is 2.23. The third-order valence-electron chi connectivity index (χ3n) is 3.37. The Bertz CT molecular complexity index is 335. The molecular formula is C16H26BrNO2. The van der Waals surface area contributed by atoms with E-state index in [0.29, 0.717) is 5.92 Å². The molecule has 0 bridgehead atoms. The molecule has 0 saturated heterocycles. The summed E-state index contributed by atoms with van der Waals surface area (Å²) >= 11 is 3.65. The highest BCUT2D eigenvalue weighted by Crippen LogP contribution is 2.19. The van der Waals surface area contributed by atoms with Gasteiger partial charge in [0, 0.05) is 51.7 Å². The summed E-state index contributed by atoms with van der Waals surface area (Å²) in [7, 11) is 3.51. The predicted octanol–water partition coefficient (Wildman–Crippen LogP) is 3.15. The first-order valence-electron chi connectivity index (χ1n) is 7.13. The molecule has 0 radical (unpaired) electrons. The molecule has 1 aromatic carbocycles. The van der Waals surface area contributed by atoms with Crippen molar-refractivity contribution in [1.29, 1.82) is 0 Å². The van der Waals surface area contributed by atoms with Crippen LogP contribution in [0.4, 0.5) is 0 Å². The minimum absolute atomic E-state index is 0.510. The molecule has 0 aliphatic heterocycles. The van der Waals surface area contributed by atoms with Crippen LogP contribution in [-0.4, -0.2) is 57.3 Å². The van der Waals surface area contributed by atoms with Gasteiger partial charge in [0.1, 0.15) is 0 Å². The molecule has 3 nitrogen and oxygen atoms in total. The SMILES string of the molecule is COCCCN(CCOC)CC(CBr)c1ccccc1. The van der Waals surface area contributed by atoms with Crippen LogP contribution in [0.1, 0.15) is 17.9 Å². The van der Waals surface area contributed by atoms with Gasteiger partial charge >= 0.3 is 0 Å². The number of halogens is 1. The Morgan fingerprint density at radius 1 is 1.05 bits per heavy atom. The topological polar surface area (TPSA) is 21.7 Å². The summed E-state index contributed by atoms with van der Waals surface area (Å²) in [5.41, 5.74) is 1.39. The van der Waals surface area contributed by atoms with Crippen LogP contribution in [0.3, 0.4) is 0 Å². The van der Waals surface area contributed by atoms with E-state index in [9.17, 15) is 0 Å². The van der Waals surface area contributed by atoms with Crippen molar-refractivity contribution in [3.63, 3.8) is 0 Å². The summed E-state index contributed by atoms with van der Waals surface area (Å²) in [6.07, 6.45) is 1.06. The fraction of sp³-hybridized carbons (Fsp3) is 0.625. The first kappa shape index (κ1) is 17.6. The zero-order valence-electron chi connectivity index (χ0n) is 12.6. The molecule has 0 amide bonds. The fourth-order valence-corrected chi connectivity index (χ4v) is 2.81. The Labute approximate surface area is 131 Å². The molecule has 1 aromatic rings. The van der Waals surface area contributed by atoms with E-state index in [1.165, 1.54) is 5.56 Å². The van der Waals surface area contributed by atoms with Crippen molar-refractivity contribution in [1.82, 2.24) is 4.90 Å². The van der Waals surface area contributed by atoms with Gasteiger partial charge in [0.25, 0.3) is 0 Å². The standard InChI is InChI=1S/C16H26BrNO2/c1-19-11-6-9-18(10-12-20-2)14-16(13-17)15-7-4-3-5-8-15/h3-5,7-8,16H,6,9-14H2,1-2H3. The third kappa shape index (κ3) is 6.84. The first-order valence-corrected chi connectivity index (χ1v) is 8.25.